The number of esters is 1. The summed E-state index contributed by atoms with van der Waals surface area (Å²) in [7, 11) is 0. The van der Waals surface area contributed by atoms with Crippen molar-refractivity contribution in [3.63, 3.8) is 0 Å². The first-order valence-electron chi connectivity index (χ1n) is 7.62. The second kappa shape index (κ2) is 6.90. The van der Waals surface area contributed by atoms with Crippen LogP contribution >= 0.6 is 0 Å². The highest BCUT2D eigenvalue weighted by Gasteiger charge is 2.37. The number of hydrogen-bond acceptors (Lipinski definition) is 3. The molecular weight excluding hydrogens is 285 g/mol. The van der Waals surface area contributed by atoms with Crippen LogP contribution in [0.1, 0.15) is 38.2 Å². The molecule has 1 fully saturated rings. The maximum atomic E-state index is 13.8. The number of nitrogens with two attached hydrogens (primary N) is 1. The van der Waals surface area contributed by atoms with Crippen LogP contribution in [-0.4, -0.2) is 23.6 Å². The van der Waals surface area contributed by atoms with Crippen molar-refractivity contribution in [3.8, 4) is 0 Å². The molecule has 3 atom stereocenters. The van der Waals surface area contributed by atoms with E-state index in [4.69, 9.17) is 10.5 Å². The molecule has 0 saturated carbocycles. The van der Waals surface area contributed by atoms with Crippen molar-refractivity contribution in [3.05, 3.63) is 35.9 Å². The number of halogens is 1. The van der Waals surface area contributed by atoms with Crippen LogP contribution in [0.3, 0.4) is 0 Å². The maximum absolute atomic E-state index is 13.8. The summed E-state index contributed by atoms with van der Waals surface area (Å²) in [5.41, 5.74) is 4.13. The van der Waals surface area contributed by atoms with Gasteiger partial charge >= 0.3 is 5.97 Å². The van der Waals surface area contributed by atoms with Gasteiger partial charge in [0.1, 0.15) is 6.10 Å². The predicted molar refractivity (Wildman–Crippen MR) is 80.7 cm³/mol. The Kier molecular flexibility index (Phi) is 5.16. The van der Waals surface area contributed by atoms with Crippen molar-refractivity contribution in [1.82, 2.24) is 0 Å². The summed E-state index contributed by atoms with van der Waals surface area (Å²) < 4.78 is 19.2. The van der Waals surface area contributed by atoms with E-state index in [1.807, 2.05) is 30.3 Å². The van der Waals surface area contributed by atoms with Gasteiger partial charge in [-0.2, -0.15) is 0 Å². The van der Waals surface area contributed by atoms with E-state index < -0.39 is 11.6 Å². The van der Waals surface area contributed by atoms with Crippen LogP contribution in [0.15, 0.2) is 30.3 Å². The van der Waals surface area contributed by atoms with Gasteiger partial charge in [0, 0.05) is 0 Å². The van der Waals surface area contributed by atoms with E-state index in [1.165, 1.54) is 5.56 Å². The number of amides is 1. The molecule has 1 aliphatic rings. The number of ether oxygens (including phenoxy) is 1. The van der Waals surface area contributed by atoms with Crippen LogP contribution in [0.25, 0.3) is 0 Å². The summed E-state index contributed by atoms with van der Waals surface area (Å²) in [6.45, 7) is 1.16. The number of aryl methyl sites for hydroxylation is 1. The van der Waals surface area contributed by atoms with Gasteiger partial charge in [-0.25, -0.2) is 4.39 Å². The fourth-order valence-corrected chi connectivity index (χ4v) is 2.68. The number of primary amides is 1. The van der Waals surface area contributed by atoms with E-state index in [2.05, 4.69) is 0 Å². The summed E-state index contributed by atoms with van der Waals surface area (Å²) in [5, 5.41) is 0. The highest BCUT2D eigenvalue weighted by molar-refractivity contribution is 5.83. The molecule has 0 bridgehead atoms. The Bertz CT molecular complexity index is 530. The number of hydrogen-bond donors (Lipinski definition) is 1. The fraction of sp³-hybridized carbons (Fsp3) is 0.529. The molecule has 2 rings (SSSR count). The van der Waals surface area contributed by atoms with E-state index in [0.29, 0.717) is 6.42 Å². The standard InChI is InChI=1S/C17H22FNO3/c1-17(18,16(19)21)10-9-13-11-14(22-15(13)20)8-7-12-5-3-2-4-6-12/h2-6,13-14H,7-11H2,1H3,(H2,19,21). The van der Waals surface area contributed by atoms with Gasteiger partial charge in [-0.05, 0) is 44.6 Å². The number of alkyl halides is 1. The number of cyclic esters (lactones) is 1. The molecule has 4 nitrogen and oxygen atoms in total. The molecule has 2 N–H and O–H groups in total. The Balaban J connectivity index is 1.79. The molecule has 0 aromatic heterocycles. The minimum atomic E-state index is -2.07. The van der Waals surface area contributed by atoms with E-state index >= 15 is 0 Å². The Hall–Kier alpha value is -1.91. The van der Waals surface area contributed by atoms with Crippen molar-refractivity contribution in [2.24, 2.45) is 11.7 Å². The second-order valence-electron chi connectivity index (χ2n) is 6.12. The lowest BCUT2D eigenvalue weighted by Gasteiger charge is -2.16. The monoisotopic (exact) mass is 307 g/mol. The number of benzene rings is 1. The van der Waals surface area contributed by atoms with Gasteiger partial charge in [-0.1, -0.05) is 30.3 Å². The molecule has 1 aromatic carbocycles. The zero-order chi connectivity index (χ0) is 16.2. The summed E-state index contributed by atoms with van der Waals surface area (Å²) in [6.07, 6.45) is 2.30. The quantitative estimate of drug-likeness (QED) is 0.787. The third-order valence-electron chi connectivity index (χ3n) is 4.24. The van der Waals surface area contributed by atoms with Gasteiger partial charge < -0.3 is 10.5 Å². The highest BCUT2D eigenvalue weighted by Crippen LogP contribution is 2.30. The molecule has 1 aromatic rings. The van der Waals surface area contributed by atoms with Crippen molar-refractivity contribution >= 4 is 11.9 Å². The second-order valence-corrected chi connectivity index (χ2v) is 6.12. The maximum Gasteiger partial charge on any atom is 0.309 e. The average Bonchev–Trinajstić information content (AvgIpc) is 2.84. The smallest absolute Gasteiger partial charge is 0.309 e. The van der Waals surface area contributed by atoms with Crippen molar-refractivity contribution in [2.75, 3.05) is 0 Å². The molecule has 0 spiro atoms. The molecule has 120 valence electrons. The molecule has 1 aliphatic heterocycles. The van der Waals surface area contributed by atoms with Gasteiger partial charge in [0.2, 0.25) is 0 Å². The van der Waals surface area contributed by atoms with Crippen LogP contribution in [0, 0.1) is 5.92 Å². The third kappa shape index (κ3) is 4.29. The van der Waals surface area contributed by atoms with Crippen LogP contribution in [0.5, 0.6) is 0 Å². The SMILES string of the molecule is CC(F)(CCC1CC(CCc2ccccc2)OC1=O)C(N)=O. The van der Waals surface area contributed by atoms with Gasteiger partial charge in [0.05, 0.1) is 5.92 Å². The van der Waals surface area contributed by atoms with Crippen LogP contribution < -0.4 is 5.73 Å². The molecule has 0 radical (unpaired) electrons. The molecule has 0 aliphatic carbocycles. The molecule has 22 heavy (non-hydrogen) atoms. The molecule has 1 heterocycles. The Morgan fingerprint density at radius 1 is 1.36 bits per heavy atom. The van der Waals surface area contributed by atoms with Crippen LogP contribution in [0.2, 0.25) is 0 Å². The van der Waals surface area contributed by atoms with Crippen molar-refractivity contribution in [1.29, 1.82) is 0 Å². The Labute approximate surface area is 129 Å². The van der Waals surface area contributed by atoms with Gasteiger partial charge in [0.25, 0.3) is 5.91 Å². The topological polar surface area (TPSA) is 69.4 Å². The molecule has 1 amide bonds. The molecule has 1 saturated heterocycles. The van der Waals surface area contributed by atoms with Crippen molar-refractivity contribution < 1.29 is 18.7 Å². The zero-order valence-electron chi connectivity index (χ0n) is 12.8. The number of carbonyl (C=O) groups is 2. The molecule has 5 heteroatoms. The lowest BCUT2D eigenvalue weighted by atomic mass is 9.91. The van der Waals surface area contributed by atoms with Crippen LogP contribution in [-0.2, 0) is 20.7 Å². The van der Waals surface area contributed by atoms with Gasteiger partial charge in [-0.15, -0.1) is 0 Å². The summed E-state index contributed by atoms with van der Waals surface area (Å²) in [6, 6.07) is 9.99. The van der Waals surface area contributed by atoms with E-state index in [1.54, 1.807) is 0 Å². The first-order chi connectivity index (χ1) is 10.4. The van der Waals surface area contributed by atoms with Gasteiger partial charge in [-0.3, -0.25) is 9.59 Å². The molecular formula is C17H22FNO3. The first-order valence-corrected chi connectivity index (χ1v) is 7.62. The average molecular weight is 307 g/mol. The van der Waals surface area contributed by atoms with E-state index in [9.17, 15) is 14.0 Å². The predicted octanol–water partition coefficient (Wildman–Crippen LogP) is 2.54. The highest BCUT2D eigenvalue weighted by atomic mass is 19.1. The number of rotatable bonds is 7. The first kappa shape index (κ1) is 16.5. The Morgan fingerprint density at radius 3 is 2.68 bits per heavy atom. The summed E-state index contributed by atoms with van der Waals surface area (Å²) in [5.74, 6) is -1.62. The van der Waals surface area contributed by atoms with Crippen molar-refractivity contribution in [2.45, 2.75) is 50.8 Å². The van der Waals surface area contributed by atoms with Gasteiger partial charge in [0.15, 0.2) is 5.67 Å². The number of carbonyl (C=O) groups excluding carboxylic acids is 2. The summed E-state index contributed by atoms with van der Waals surface area (Å²) >= 11 is 0. The van der Waals surface area contributed by atoms with E-state index in [-0.39, 0.29) is 30.8 Å². The summed E-state index contributed by atoms with van der Waals surface area (Å²) in [4.78, 5) is 22.8. The molecule has 3 unspecified atom stereocenters. The Morgan fingerprint density at radius 2 is 2.05 bits per heavy atom. The largest absolute Gasteiger partial charge is 0.462 e. The van der Waals surface area contributed by atoms with Crippen LogP contribution in [0.4, 0.5) is 4.39 Å². The minimum Gasteiger partial charge on any atom is -0.462 e. The zero-order valence-corrected chi connectivity index (χ0v) is 12.8. The van der Waals surface area contributed by atoms with E-state index in [0.717, 1.165) is 19.8 Å². The minimum absolute atomic E-state index is 0.0481. The normalized spacial score (nSPS) is 23.8. The fourth-order valence-electron chi connectivity index (χ4n) is 2.68. The third-order valence-corrected chi connectivity index (χ3v) is 4.24. The lowest BCUT2D eigenvalue weighted by molar-refractivity contribution is -0.145. The lowest BCUT2D eigenvalue weighted by Crippen LogP contribution is -2.37.